The lowest BCUT2D eigenvalue weighted by atomic mass is 10.1. The molecule has 2 aromatic rings. The third kappa shape index (κ3) is 3.46. The average Bonchev–Trinajstić information content (AvgIpc) is 2.39. The van der Waals surface area contributed by atoms with E-state index in [4.69, 9.17) is 4.74 Å². The third-order valence-electron chi connectivity index (χ3n) is 2.98. The summed E-state index contributed by atoms with van der Waals surface area (Å²) in [5.74, 6) is 1.09. The monoisotopic (exact) mass is 399 g/mol. The highest BCUT2D eigenvalue weighted by atomic mass is 79.9. The number of aromatic hydroxyl groups is 1. The van der Waals surface area contributed by atoms with E-state index in [-0.39, 0.29) is 5.75 Å². The molecule has 2 aromatic carbocycles. The van der Waals surface area contributed by atoms with E-state index in [0.717, 1.165) is 31.5 Å². The predicted octanol–water partition coefficient (Wildman–Crippen LogP) is 4.85. The maximum atomic E-state index is 9.71. The zero-order valence-electron chi connectivity index (χ0n) is 11.2. The minimum absolute atomic E-state index is 0.289. The van der Waals surface area contributed by atoms with Crippen molar-refractivity contribution in [3.63, 3.8) is 0 Å². The van der Waals surface area contributed by atoms with Crippen LogP contribution in [0.25, 0.3) is 0 Å². The van der Waals surface area contributed by atoms with Gasteiger partial charge in [-0.3, -0.25) is 0 Å². The summed E-state index contributed by atoms with van der Waals surface area (Å²) in [4.78, 5) is 0. The predicted molar refractivity (Wildman–Crippen MR) is 88.6 cm³/mol. The van der Waals surface area contributed by atoms with Crippen LogP contribution < -0.4 is 10.1 Å². The molecule has 2 N–H and O–H groups in total. The second-order valence-corrected chi connectivity index (χ2v) is 6.20. The summed E-state index contributed by atoms with van der Waals surface area (Å²) in [5.41, 5.74) is 2.75. The molecule has 0 saturated carbocycles. The summed E-state index contributed by atoms with van der Waals surface area (Å²) in [6, 6.07) is 9.49. The van der Waals surface area contributed by atoms with Crippen molar-refractivity contribution in [2.24, 2.45) is 0 Å². The van der Waals surface area contributed by atoms with E-state index in [1.165, 1.54) is 0 Å². The molecular weight excluding hydrogens is 386 g/mol. The fourth-order valence-corrected chi connectivity index (χ4v) is 3.37. The number of benzene rings is 2. The zero-order valence-corrected chi connectivity index (χ0v) is 14.4. The molecule has 0 fully saturated rings. The molecular formula is C15H15Br2NO2. The molecule has 3 nitrogen and oxygen atoms in total. The highest BCUT2D eigenvalue weighted by Crippen LogP contribution is 2.33. The molecule has 0 heterocycles. The van der Waals surface area contributed by atoms with Gasteiger partial charge in [-0.25, -0.2) is 0 Å². The number of ether oxygens (including phenoxy) is 1. The summed E-state index contributed by atoms with van der Waals surface area (Å²) < 4.78 is 7.29. The number of rotatable bonds is 4. The van der Waals surface area contributed by atoms with Crippen molar-refractivity contribution in [2.45, 2.75) is 13.5 Å². The summed E-state index contributed by atoms with van der Waals surface area (Å²) in [6.07, 6.45) is 0. The molecule has 0 unspecified atom stereocenters. The standard InChI is InChI=1S/C15H15Br2NO2/c1-9-3-4-12(7-14(9)19)18-8-10-5-11(16)6-13(17)15(10)20-2/h3-7,18-19H,8H2,1-2H3. The largest absolute Gasteiger partial charge is 0.508 e. The number of phenolic OH excluding ortho intramolecular Hbond substituents is 1. The van der Waals surface area contributed by atoms with Gasteiger partial charge in [0, 0.05) is 28.3 Å². The number of hydrogen-bond acceptors (Lipinski definition) is 3. The molecule has 0 saturated heterocycles. The summed E-state index contributed by atoms with van der Waals surface area (Å²) >= 11 is 6.95. The van der Waals surface area contributed by atoms with Gasteiger partial charge in [0.15, 0.2) is 0 Å². The maximum absolute atomic E-state index is 9.71. The summed E-state index contributed by atoms with van der Waals surface area (Å²) in [7, 11) is 1.65. The Balaban J connectivity index is 2.20. The highest BCUT2D eigenvalue weighted by molar-refractivity contribution is 9.11. The van der Waals surface area contributed by atoms with E-state index in [2.05, 4.69) is 37.2 Å². The molecule has 0 radical (unpaired) electrons. The molecule has 0 aliphatic rings. The Morgan fingerprint density at radius 1 is 1.20 bits per heavy atom. The van der Waals surface area contributed by atoms with E-state index in [0.29, 0.717) is 6.54 Å². The van der Waals surface area contributed by atoms with E-state index >= 15 is 0 Å². The van der Waals surface area contributed by atoms with Crippen LogP contribution in [0.3, 0.4) is 0 Å². The van der Waals surface area contributed by atoms with Gasteiger partial charge in [0.25, 0.3) is 0 Å². The first-order valence-corrected chi connectivity index (χ1v) is 7.65. The Morgan fingerprint density at radius 2 is 1.95 bits per heavy atom. The molecule has 0 amide bonds. The summed E-state index contributed by atoms with van der Waals surface area (Å²) in [5, 5.41) is 13.0. The van der Waals surface area contributed by atoms with Crippen molar-refractivity contribution < 1.29 is 9.84 Å². The quantitative estimate of drug-likeness (QED) is 0.770. The fourth-order valence-electron chi connectivity index (χ4n) is 1.89. The van der Waals surface area contributed by atoms with Crippen molar-refractivity contribution in [2.75, 3.05) is 12.4 Å². The second-order valence-electron chi connectivity index (χ2n) is 4.43. The molecule has 0 spiro atoms. The van der Waals surface area contributed by atoms with E-state index in [9.17, 15) is 5.11 Å². The molecule has 2 rings (SSSR count). The van der Waals surface area contributed by atoms with E-state index < -0.39 is 0 Å². The van der Waals surface area contributed by atoms with Crippen molar-refractivity contribution in [3.05, 3.63) is 50.4 Å². The first kappa shape index (κ1) is 15.2. The van der Waals surface area contributed by atoms with Gasteiger partial charge < -0.3 is 15.2 Å². The van der Waals surface area contributed by atoms with Gasteiger partial charge in [0.2, 0.25) is 0 Å². The van der Waals surface area contributed by atoms with Gasteiger partial charge in [-0.15, -0.1) is 0 Å². The molecule has 0 aliphatic carbocycles. The Bertz CT molecular complexity index is 630. The zero-order chi connectivity index (χ0) is 14.7. The number of nitrogens with one attached hydrogen (secondary N) is 1. The van der Waals surface area contributed by atoms with Gasteiger partial charge in [-0.2, -0.15) is 0 Å². The number of phenols is 1. The van der Waals surface area contributed by atoms with Crippen LogP contribution in [0.1, 0.15) is 11.1 Å². The minimum Gasteiger partial charge on any atom is -0.508 e. The maximum Gasteiger partial charge on any atom is 0.138 e. The molecule has 106 valence electrons. The average molecular weight is 401 g/mol. The number of halogens is 2. The number of aryl methyl sites for hydroxylation is 1. The van der Waals surface area contributed by atoms with Crippen molar-refractivity contribution in [3.8, 4) is 11.5 Å². The first-order chi connectivity index (χ1) is 9.51. The Labute approximate surface area is 135 Å². The Morgan fingerprint density at radius 3 is 2.60 bits per heavy atom. The first-order valence-electron chi connectivity index (χ1n) is 6.06. The minimum atomic E-state index is 0.289. The lowest BCUT2D eigenvalue weighted by Gasteiger charge is -2.13. The Hall–Kier alpha value is -1.20. The molecule has 0 aromatic heterocycles. The van der Waals surface area contributed by atoms with Crippen LogP contribution in [0.2, 0.25) is 0 Å². The lowest BCUT2D eigenvalue weighted by Crippen LogP contribution is -2.02. The van der Waals surface area contributed by atoms with Crippen LogP contribution >= 0.6 is 31.9 Å². The van der Waals surface area contributed by atoms with Gasteiger partial charge >= 0.3 is 0 Å². The fraction of sp³-hybridized carbons (Fsp3) is 0.200. The van der Waals surface area contributed by atoms with E-state index in [1.54, 1.807) is 13.2 Å². The van der Waals surface area contributed by atoms with E-state index in [1.807, 2.05) is 31.2 Å². The lowest BCUT2D eigenvalue weighted by molar-refractivity contribution is 0.407. The van der Waals surface area contributed by atoms with Gasteiger partial charge in [0.1, 0.15) is 11.5 Å². The molecule has 0 atom stereocenters. The van der Waals surface area contributed by atoms with Crippen molar-refractivity contribution in [1.29, 1.82) is 0 Å². The topological polar surface area (TPSA) is 41.5 Å². The Kier molecular flexibility index (Phi) is 4.94. The van der Waals surface area contributed by atoms with Crippen molar-refractivity contribution in [1.82, 2.24) is 0 Å². The van der Waals surface area contributed by atoms with Crippen LogP contribution in [-0.4, -0.2) is 12.2 Å². The number of anilines is 1. The second kappa shape index (κ2) is 6.50. The van der Waals surface area contributed by atoms with Crippen LogP contribution in [0.15, 0.2) is 39.3 Å². The van der Waals surface area contributed by atoms with Crippen LogP contribution in [0.4, 0.5) is 5.69 Å². The van der Waals surface area contributed by atoms with Crippen LogP contribution in [0.5, 0.6) is 11.5 Å². The third-order valence-corrected chi connectivity index (χ3v) is 4.03. The normalized spacial score (nSPS) is 10.4. The molecule has 0 bridgehead atoms. The molecule has 5 heteroatoms. The van der Waals surface area contributed by atoms with Gasteiger partial charge in [-0.1, -0.05) is 22.0 Å². The van der Waals surface area contributed by atoms with Gasteiger partial charge in [0.05, 0.1) is 11.6 Å². The number of hydrogen-bond donors (Lipinski definition) is 2. The van der Waals surface area contributed by atoms with Crippen LogP contribution in [0, 0.1) is 6.92 Å². The molecule has 20 heavy (non-hydrogen) atoms. The SMILES string of the molecule is COc1c(Br)cc(Br)cc1CNc1ccc(C)c(O)c1. The molecule has 0 aliphatic heterocycles. The number of methoxy groups -OCH3 is 1. The van der Waals surface area contributed by atoms with Crippen molar-refractivity contribution >= 4 is 37.5 Å². The van der Waals surface area contributed by atoms with Gasteiger partial charge in [-0.05, 0) is 46.6 Å². The summed E-state index contributed by atoms with van der Waals surface area (Å²) in [6.45, 7) is 2.47. The highest BCUT2D eigenvalue weighted by Gasteiger charge is 2.09. The van der Waals surface area contributed by atoms with Crippen LogP contribution in [-0.2, 0) is 6.54 Å². The smallest absolute Gasteiger partial charge is 0.138 e.